The van der Waals surface area contributed by atoms with Gasteiger partial charge in [0.1, 0.15) is 0 Å². The second kappa shape index (κ2) is 7.23. The van der Waals surface area contributed by atoms with Crippen molar-refractivity contribution in [1.82, 2.24) is 0 Å². The van der Waals surface area contributed by atoms with Gasteiger partial charge in [-0.15, -0.1) is 0 Å². The number of nitrogen functional groups attached to an aromatic ring is 1. The summed E-state index contributed by atoms with van der Waals surface area (Å²) in [6, 6.07) is 10.5. The molecule has 0 aliphatic heterocycles. The van der Waals surface area contributed by atoms with Gasteiger partial charge in [0, 0.05) is 23.5 Å². The van der Waals surface area contributed by atoms with Crippen LogP contribution in [0.1, 0.15) is 15.9 Å². The number of carbonyl (C=O) groups is 2. The number of nitrogens with zero attached hydrogens (tertiary/aromatic N) is 1. The lowest BCUT2D eigenvalue weighted by Gasteiger charge is -2.08. The predicted octanol–water partition coefficient (Wildman–Crippen LogP) is 2.28. The van der Waals surface area contributed by atoms with Crippen LogP contribution in [0.15, 0.2) is 42.5 Å². The molecule has 2 aromatic rings. The molecule has 8 heteroatoms. The molecule has 0 saturated heterocycles. The number of ether oxygens (including phenoxy) is 1. The Morgan fingerprint density at radius 3 is 2.67 bits per heavy atom. The third-order valence-electron chi connectivity index (χ3n) is 3.10. The standard InChI is InChI=1S/C16H15N3O5/c1-10-3-2-4-11(7-10)18-15(20)9-24-16(21)13-8-12(19(22)23)5-6-14(13)17/h2-8H,9,17H2,1H3,(H,18,20). The maximum atomic E-state index is 11.9. The van der Waals surface area contributed by atoms with Crippen LogP contribution in [0.4, 0.5) is 17.1 Å². The number of amides is 1. The summed E-state index contributed by atoms with van der Waals surface area (Å²) in [5, 5.41) is 13.3. The zero-order valence-electron chi connectivity index (χ0n) is 12.8. The molecule has 3 N–H and O–H groups in total. The molecule has 1 amide bonds. The van der Waals surface area contributed by atoms with Crippen LogP contribution in [0.3, 0.4) is 0 Å². The molecule has 0 bridgehead atoms. The molecule has 0 radical (unpaired) electrons. The first-order valence-electron chi connectivity index (χ1n) is 6.94. The molecule has 0 unspecified atom stereocenters. The molecule has 0 aliphatic carbocycles. The minimum absolute atomic E-state index is 0.0321. The average molecular weight is 329 g/mol. The molecule has 0 aromatic heterocycles. The van der Waals surface area contributed by atoms with Crippen molar-refractivity contribution in [2.75, 3.05) is 17.7 Å². The highest BCUT2D eigenvalue weighted by Crippen LogP contribution is 2.20. The predicted molar refractivity (Wildman–Crippen MR) is 87.6 cm³/mol. The number of rotatable bonds is 5. The van der Waals surface area contributed by atoms with Gasteiger partial charge in [-0.25, -0.2) is 4.79 Å². The maximum Gasteiger partial charge on any atom is 0.341 e. The molecule has 2 rings (SSSR count). The number of benzene rings is 2. The summed E-state index contributed by atoms with van der Waals surface area (Å²) in [5.41, 5.74) is 6.74. The SMILES string of the molecule is Cc1cccc(NC(=O)COC(=O)c2cc([N+](=O)[O-])ccc2N)c1. The smallest absolute Gasteiger partial charge is 0.341 e. The number of non-ortho nitro benzene ring substituents is 1. The van der Waals surface area contributed by atoms with Crippen molar-refractivity contribution < 1.29 is 19.2 Å². The lowest BCUT2D eigenvalue weighted by molar-refractivity contribution is -0.384. The zero-order valence-corrected chi connectivity index (χ0v) is 12.8. The number of carbonyl (C=O) groups excluding carboxylic acids is 2. The topological polar surface area (TPSA) is 125 Å². The van der Waals surface area contributed by atoms with E-state index in [0.29, 0.717) is 5.69 Å². The number of hydrogen-bond donors (Lipinski definition) is 2. The number of anilines is 2. The number of nitro groups is 1. The van der Waals surface area contributed by atoms with E-state index in [1.54, 1.807) is 18.2 Å². The van der Waals surface area contributed by atoms with Crippen molar-refractivity contribution in [3.05, 3.63) is 63.7 Å². The summed E-state index contributed by atoms with van der Waals surface area (Å²) in [6.07, 6.45) is 0. The Kier molecular flexibility index (Phi) is 5.10. The van der Waals surface area contributed by atoms with E-state index in [2.05, 4.69) is 5.32 Å². The van der Waals surface area contributed by atoms with E-state index < -0.39 is 23.4 Å². The molecule has 0 saturated carbocycles. The van der Waals surface area contributed by atoms with Gasteiger partial charge < -0.3 is 15.8 Å². The van der Waals surface area contributed by atoms with Gasteiger partial charge in [-0.05, 0) is 30.7 Å². The fraction of sp³-hybridized carbons (Fsp3) is 0.125. The quantitative estimate of drug-likeness (QED) is 0.375. The largest absolute Gasteiger partial charge is 0.452 e. The van der Waals surface area contributed by atoms with Gasteiger partial charge in [-0.3, -0.25) is 14.9 Å². The third kappa shape index (κ3) is 4.29. The minimum Gasteiger partial charge on any atom is -0.452 e. The van der Waals surface area contributed by atoms with Crippen molar-refractivity contribution >= 4 is 28.9 Å². The third-order valence-corrected chi connectivity index (χ3v) is 3.10. The van der Waals surface area contributed by atoms with Crippen LogP contribution in [0.5, 0.6) is 0 Å². The first-order chi connectivity index (χ1) is 11.4. The van der Waals surface area contributed by atoms with Gasteiger partial charge in [-0.2, -0.15) is 0 Å². The molecule has 0 atom stereocenters. The minimum atomic E-state index is -0.907. The summed E-state index contributed by atoms with van der Waals surface area (Å²) in [6.45, 7) is 1.34. The maximum absolute atomic E-state index is 11.9. The molecule has 0 aliphatic rings. The van der Waals surface area contributed by atoms with Gasteiger partial charge >= 0.3 is 5.97 Å². The van der Waals surface area contributed by atoms with Gasteiger partial charge in [0.15, 0.2) is 6.61 Å². The molecule has 0 heterocycles. The van der Waals surface area contributed by atoms with Gasteiger partial charge in [0.25, 0.3) is 11.6 Å². The van der Waals surface area contributed by atoms with E-state index in [0.717, 1.165) is 11.6 Å². The van der Waals surface area contributed by atoms with E-state index in [-0.39, 0.29) is 16.9 Å². The van der Waals surface area contributed by atoms with Gasteiger partial charge in [-0.1, -0.05) is 12.1 Å². The van der Waals surface area contributed by atoms with Crippen molar-refractivity contribution in [2.24, 2.45) is 0 Å². The fourth-order valence-corrected chi connectivity index (χ4v) is 1.96. The summed E-state index contributed by atoms with van der Waals surface area (Å²) in [4.78, 5) is 33.8. The van der Waals surface area contributed by atoms with Crippen LogP contribution >= 0.6 is 0 Å². The van der Waals surface area contributed by atoms with Crippen molar-refractivity contribution in [3.63, 3.8) is 0 Å². The van der Waals surface area contributed by atoms with Crippen LogP contribution in [0.2, 0.25) is 0 Å². The molecule has 0 fully saturated rings. The summed E-state index contributed by atoms with van der Waals surface area (Å²) in [5.74, 6) is -1.44. The Morgan fingerprint density at radius 2 is 2.00 bits per heavy atom. The van der Waals surface area contributed by atoms with E-state index in [4.69, 9.17) is 10.5 Å². The Labute approximate surface area is 137 Å². The van der Waals surface area contributed by atoms with Gasteiger partial charge in [0.2, 0.25) is 0 Å². The van der Waals surface area contributed by atoms with Crippen LogP contribution < -0.4 is 11.1 Å². The second-order valence-corrected chi connectivity index (χ2v) is 5.02. The summed E-state index contributed by atoms with van der Waals surface area (Å²) >= 11 is 0. The highest BCUT2D eigenvalue weighted by molar-refractivity contribution is 5.98. The first kappa shape index (κ1) is 16.9. The second-order valence-electron chi connectivity index (χ2n) is 5.02. The Morgan fingerprint density at radius 1 is 1.25 bits per heavy atom. The Bertz CT molecular complexity index is 804. The number of nitrogens with two attached hydrogens (primary N) is 1. The molecule has 8 nitrogen and oxygen atoms in total. The molecule has 24 heavy (non-hydrogen) atoms. The highest BCUT2D eigenvalue weighted by atomic mass is 16.6. The average Bonchev–Trinajstić information content (AvgIpc) is 2.52. The van der Waals surface area contributed by atoms with E-state index >= 15 is 0 Å². The van der Waals surface area contributed by atoms with E-state index in [9.17, 15) is 19.7 Å². The van der Waals surface area contributed by atoms with Crippen molar-refractivity contribution in [3.8, 4) is 0 Å². The Hall–Kier alpha value is -3.42. The number of nitro benzene ring substituents is 1. The van der Waals surface area contributed by atoms with Crippen LogP contribution in [0, 0.1) is 17.0 Å². The van der Waals surface area contributed by atoms with Crippen LogP contribution in [-0.2, 0) is 9.53 Å². The zero-order chi connectivity index (χ0) is 17.7. The first-order valence-corrected chi connectivity index (χ1v) is 6.94. The van der Waals surface area contributed by atoms with E-state index in [1.807, 2.05) is 13.0 Å². The van der Waals surface area contributed by atoms with Crippen LogP contribution in [-0.4, -0.2) is 23.4 Å². The normalized spacial score (nSPS) is 10.0. The van der Waals surface area contributed by atoms with Crippen molar-refractivity contribution in [1.29, 1.82) is 0 Å². The van der Waals surface area contributed by atoms with Gasteiger partial charge in [0.05, 0.1) is 10.5 Å². The number of aryl methyl sites for hydroxylation is 1. The lowest BCUT2D eigenvalue weighted by atomic mass is 10.1. The molecule has 0 spiro atoms. The molecular weight excluding hydrogens is 314 g/mol. The summed E-state index contributed by atoms with van der Waals surface area (Å²) < 4.78 is 4.85. The van der Waals surface area contributed by atoms with Crippen molar-refractivity contribution in [2.45, 2.75) is 6.92 Å². The molecular formula is C16H15N3O5. The number of hydrogen-bond acceptors (Lipinski definition) is 6. The summed E-state index contributed by atoms with van der Waals surface area (Å²) in [7, 11) is 0. The molecule has 124 valence electrons. The number of esters is 1. The van der Waals surface area contributed by atoms with Crippen LogP contribution in [0.25, 0.3) is 0 Å². The monoisotopic (exact) mass is 329 g/mol. The fourth-order valence-electron chi connectivity index (χ4n) is 1.96. The lowest BCUT2D eigenvalue weighted by Crippen LogP contribution is -2.21. The Balaban J connectivity index is 1.99. The van der Waals surface area contributed by atoms with E-state index in [1.165, 1.54) is 12.1 Å². The highest BCUT2D eigenvalue weighted by Gasteiger charge is 2.17. The number of nitrogens with one attached hydrogen (secondary N) is 1. The molecule has 2 aromatic carbocycles.